The number of aromatic amines is 1. The van der Waals surface area contributed by atoms with Crippen molar-refractivity contribution in [3.63, 3.8) is 0 Å². The highest BCUT2D eigenvalue weighted by Gasteiger charge is 2.23. The minimum absolute atomic E-state index is 0.182. The number of likely N-dealkylation sites (tertiary alicyclic amines) is 1. The Hall–Kier alpha value is -2.14. The van der Waals surface area contributed by atoms with Crippen molar-refractivity contribution in [2.45, 2.75) is 45.6 Å². The molecule has 4 rings (SSSR count). The molecule has 0 aliphatic carbocycles. The Bertz CT molecular complexity index is 916. The van der Waals surface area contributed by atoms with Crippen LogP contribution in [-0.4, -0.2) is 32.8 Å². The highest BCUT2D eigenvalue weighted by Crippen LogP contribution is 2.33. The summed E-state index contributed by atoms with van der Waals surface area (Å²) in [5.41, 5.74) is 4.74. The fourth-order valence-electron chi connectivity index (χ4n) is 4.33. The van der Waals surface area contributed by atoms with E-state index in [-0.39, 0.29) is 5.82 Å². The Balaban J connectivity index is 1.39. The number of benzene rings is 1. The first kappa shape index (κ1) is 18.2. The van der Waals surface area contributed by atoms with Gasteiger partial charge in [-0.2, -0.15) is 5.10 Å². The molecule has 1 fully saturated rings. The van der Waals surface area contributed by atoms with Crippen LogP contribution in [0.2, 0.25) is 0 Å². The molecule has 27 heavy (non-hydrogen) atoms. The average Bonchev–Trinajstić information content (AvgIpc) is 3.18. The number of nitrogens with one attached hydrogen (secondary N) is 1. The number of aryl methyl sites for hydroxylation is 1. The zero-order valence-electron chi connectivity index (χ0n) is 16.5. The van der Waals surface area contributed by atoms with E-state index in [2.05, 4.69) is 48.1 Å². The minimum Gasteiger partial charge on any atom is -0.361 e. The predicted octanol–water partition coefficient (Wildman–Crippen LogP) is 4.62. The summed E-state index contributed by atoms with van der Waals surface area (Å²) in [7, 11) is 2.05. The Morgan fingerprint density at radius 2 is 2.00 bits per heavy atom. The van der Waals surface area contributed by atoms with E-state index in [0.29, 0.717) is 11.8 Å². The Morgan fingerprint density at radius 1 is 1.22 bits per heavy atom. The van der Waals surface area contributed by atoms with Gasteiger partial charge in [-0.25, -0.2) is 4.39 Å². The molecular formula is C22H29FN4. The van der Waals surface area contributed by atoms with Crippen LogP contribution in [0, 0.1) is 11.7 Å². The molecule has 0 saturated carbocycles. The van der Waals surface area contributed by atoms with Gasteiger partial charge in [0.15, 0.2) is 0 Å². The molecular weight excluding hydrogens is 339 g/mol. The monoisotopic (exact) mass is 368 g/mol. The SMILES string of the molecule is CC(C)Cc1cc(CN2CCC(c3c[nH]c4cc(F)ccc34)CC2)n(C)n1. The first-order valence-corrected chi connectivity index (χ1v) is 10.0. The fraction of sp³-hybridized carbons (Fsp3) is 0.500. The standard InChI is InChI=1S/C22H29FN4/c1-15(2)10-18-12-19(26(3)25-18)14-27-8-6-16(7-9-27)21-13-24-22-11-17(23)4-5-20(21)22/h4-5,11-13,15-16,24H,6-10,14H2,1-3H3. The summed E-state index contributed by atoms with van der Waals surface area (Å²) in [6.45, 7) is 7.61. The molecule has 0 unspecified atom stereocenters. The molecule has 1 aromatic carbocycles. The second kappa shape index (κ2) is 7.47. The normalized spacial score (nSPS) is 16.6. The third-order valence-electron chi connectivity index (χ3n) is 5.73. The molecule has 0 amide bonds. The van der Waals surface area contributed by atoms with E-state index in [4.69, 9.17) is 0 Å². The van der Waals surface area contributed by atoms with E-state index in [1.165, 1.54) is 22.3 Å². The fourth-order valence-corrected chi connectivity index (χ4v) is 4.33. The van der Waals surface area contributed by atoms with Gasteiger partial charge in [0.05, 0.1) is 11.4 Å². The highest BCUT2D eigenvalue weighted by molar-refractivity contribution is 5.83. The summed E-state index contributed by atoms with van der Waals surface area (Å²) >= 11 is 0. The zero-order valence-corrected chi connectivity index (χ0v) is 16.5. The summed E-state index contributed by atoms with van der Waals surface area (Å²) in [5, 5.41) is 5.83. The largest absolute Gasteiger partial charge is 0.361 e. The molecule has 0 atom stereocenters. The topological polar surface area (TPSA) is 36.9 Å². The lowest BCUT2D eigenvalue weighted by molar-refractivity contribution is 0.200. The molecule has 1 N–H and O–H groups in total. The summed E-state index contributed by atoms with van der Waals surface area (Å²) < 4.78 is 15.5. The van der Waals surface area contributed by atoms with Gasteiger partial charge in [-0.15, -0.1) is 0 Å². The number of piperidine rings is 1. The van der Waals surface area contributed by atoms with Crippen molar-refractivity contribution < 1.29 is 4.39 Å². The Morgan fingerprint density at radius 3 is 2.74 bits per heavy atom. The van der Waals surface area contributed by atoms with Crippen LogP contribution < -0.4 is 0 Å². The number of fused-ring (bicyclic) bond motifs is 1. The quantitative estimate of drug-likeness (QED) is 0.713. The first-order valence-electron chi connectivity index (χ1n) is 10.0. The molecule has 3 heterocycles. The van der Waals surface area contributed by atoms with Crippen LogP contribution in [0.5, 0.6) is 0 Å². The maximum atomic E-state index is 13.4. The smallest absolute Gasteiger partial charge is 0.125 e. The van der Waals surface area contributed by atoms with Crippen LogP contribution in [0.25, 0.3) is 10.9 Å². The Labute approximate surface area is 160 Å². The van der Waals surface area contributed by atoms with Gasteiger partial charge in [0, 0.05) is 30.7 Å². The number of rotatable bonds is 5. The lowest BCUT2D eigenvalue weighted by Gasteiger charge is -2.31. The van der Waals surface area contributed by atoms with Crippen LogP contribution in [0.4, 0.5) is 4.39 Å². The van der Waals surface area contributed by atoms with Gasteiger partial charge in [-0.3, -0.25) is 9.58 Å². The van der Waals surface area contributed by atoms with E-state index >= 15 is 0 Å². The van der Waals surface area contributed by atoms with Crippen LogP contribution in [0.15, 0.2) is 30.5 Å². The lowest BCUT2D eigenvalue weighted by Crippen LogP contribution is -2.33. The van der Waals surface area contributed by atoms with Crippen molar-refractivity contribution in [3.05, 3.63) is 53.2 Å². The van der Waals surface area contributed by atoms with Crippen molar-refractivity contribution in [2.75, 3.05) is 13.1 Å². The van der Waals surface area contributed by atoms with Crippen LogP contribution >= 0.6 is 0 Å². The molecule has 144 valence electrons. The third-order valence-corrected chi connectivity index (χ3v) is 5.73. The molecule has 0 spiro atoms. The number of hydrogen-bond donors (Lipinski definition) is 1. The minimum atomic E-state index is -0.182. The van der Waals surface area contributed by atoms with Crippen LogP contribution in [0.3, 0.4) is 0 Å². The second-order valence-corrected chi connectivity index (χ2v) is 8.33. The molecule has 0 radical (unpaired) electrons. The van der Waals surface area contributed by atoms with Crippen molar-refractivity contribution in [1.82, 2.24) is 19.7 Å². The summed E-state index contributed by atoms with van der Waals surface area (Å²) in [5.74, 6) is 0.996. The van der Waals surface area contributed by atoms with Gasteiger partial charge < -0.3 is 4.98 Å². The highest BCUT2D eigenvalue weighted by atomic mass is 19.1. The lowest BCUT2D eigenvalue weighted by atomic mass is 9.89. The first-order chi connectivity index (χ1) is 13.0. The molecule has 4 nitrogen and oxygen atoms in total. The summed E-state index contributed by atoms with van der Waals surface area (Å²) in [6, 6.07) is 7.33. The second-order valence-electron chi connectivity index (χ2n) is 8.33. The van der Waals surface area contributed by atoms with Gasteiger partial charge >= 0.3 is 0 Å². The number of halogens is 1. The Kier molecular flexibility index (Phi) is 5.04. The van der Waals surface area contributed by atoms with Crippen LogP contribution in [0.1, 0.15) is 49.6 Å². The number of H-pyrrole nitrogens is 1. The van der Waals surface area contributed by atoms with Gasteiger partial charge in [-0.05, 0) is 74.0 Å². The number of aromatic nitrogens is 3. The molecule has 1 aliphatic heterocycles. The molecule has 1 saturated heterocycles. The number of hydrogen-bond acceptors (Lipinski definition) is 2. The van der Waals surface area contributed by atoms with E-state index < -0.39 is 0 Å². The van der Waals surface area contributed by atoms with Gasteiger partial charge in [-0.1, -0.05) is 13.8 Å². The van der Waals surface area contributed by atoms with E-state index in [9.17, 15) is 4.39 Å². The van der Waals surface area contributed by atoms with Gasteiger partial charge in [0.2, 0.25) is 0 Å². The van der Waals surface area contributed by atoms with Crippen LogP contribution in [-0.2, 0) is 20.0 Å². The summed E-state index contributed by atoms with van der Waals surface area (Å²) in [6.07, 6.45) is 5.39. The maximum Gasteiger partial charge on any atom is 0.125 e. The van der Waals surface area contributed by atoms with Crippen molar-refractivity contribution in [2.24, 2.45) is 13.0 Å². The van der Waals surface area contributed by atoms with E-state index in [1.54, 1.807) is 12.1 Å². The molecule has 2 aromatic heterocycles. The third kappa shape index (κ3) is 3.93. The summed E-state index contributed by atoms with van der Waals surface area (Å²) in [4.78, 5) is 5.77. The van der Waals surface area contributed by atoms with Gasteiger partial charge in [0.1, 0.15) is 5.82 Å². The maximum absolute atomic E-state index is 13.4. The van der Waals surface area contributed by atoms with E-state index in [1.807, 2.05) is 10.7 Å². The molecule has 1 aliphatic rings. The molecule has 5 heteroatoms. The molecule has 3 aromatic rings. The van der Waals surface area contributed by atoms with E-state index in [0.717, 1.165) is 44.4 Å². The van der Waals surface area contributed by atoms with Gasteiger partial charge in [0.25, 0.3) is 0 Å². The van der Waals surface area contributed by atoms with Crippen molar-refractivity contribution >= 4 is 10.9 Å². The predicted molar refractivity (Wildman–Crippen MR) is 107 cm³/mol. The van der Waals surface area contributed by atoms with Crippen molar-refractivity contribution in [1.29, 1.82) is 0 Å². The zero-order chi connectivity index (χ0) is 19.0. The average molecular weight is 369 g/mol. The van der Waals surface area contributed by atoms with Crippen molar-refractivity contribution in [3.8, 4) is 0 Å². The molecule has 0 bridgehead atoms. The number of nitrogens with zero attached hydrogens (tertiary/aromatic N) is 3.